The Morgan fingerprint density at radius 2 is 1.66 bits per heavy atom. The van der Waals surface area contributed by atoms with Crippen LogP contribution in [0.5, 0.6) is 0 Å². The lowest BCUT2D eigenvalue weighted by molar-refractivity contribution is -0.139. The molecule has 0 aromatic heterocycles. The van der Waals surface area contributed by atoms with Crippen molar-refractivity contribution in [1.29, 1.82) is 5.26 Å². The Bertz CT molecular complexity index is 1110. The molecular weight excluding hydrogens is 444 g/mol. The quantitative estimate of drug-likeness (QED) is 0.567. The minimum absolute atomic E-state index is 0.349. The van der Waals surface area contributed by atoms with E-state index in [1.165, 1.54) is 11.8 Å². The third kappa shape index (κ3) is 7.57. The van der Waals surface area contributed by atoms with Gasteiger partial charge in [0.05, 0.1) is 6.07 Å². The van der Waals surface area contributed by atoms with Gasteiger partial charge in [0.25, 0.3) is 5.91 Å². The number of nitriles is 1. The van der Waals surface area contributed by atoms with Crippen LogP contribution in [0.2, 0.25) is 0 Å². The number of carbonyl (C=O) groups excluding carboxylic acids is 3. The molecule has 0 spiro atoms. The van der Waals surface area contributed by atoms with E-state index in [4.69, 9.17) is 4.74 Å². The Kier molecular flexibility index (Phi) is 9.01. The second kappa shape index (κ2) is 11.5. The van der Waals surface area contributed by atoms with Crippen LogP contribution >= 0.6 is 0 Å². The van der Waals surface area contributed by atoms with Gasteiger partial charge in [0.1, 0.15) is 24.2 Å². The van der Waals surface area contributed by atoms with Crippen molar-refractivity contribution < 1.29 is 19.1 Å². The first kappa shape index (κ1) is 27.4. The number of para-hydroxylation sites is 1. The van der Waals surface area contributed by atoms with E-state index in [9.17, 15) is 19.6 Å². The van der Waals surface area contributed by atoms with E-state index < -0.39 is 35.6 Å². The van der Waals surface area contributed by atoms with Crippen LogP contribution in [-0.4, -0.2) is 41.0 Å². The van der Waals surface area contributed by atoms with Crippen LogP contribution < -0.4 is 10.6 Å². The maximum atomic E-state index is 13.7. The summed E-state index contributed by atoms with van der Waals surface area (Å²) in [6.07, 6.45) is -0.762. The van der Waals surface area contributed by atoms with Crippen molar-refractivity contribution in [3.8, 4) is 6.07 Å². The predicted molar refractivity (Wildman–Crippen MR) is 135 cm³/mol. The van der Waals surface area contributed by atoms with Crippen molar-refractivity contribution in [3.63, 3.8) is 0 Å². The van der Waals surface area contributed by atoms with Crippen LogP contribution in [0, 0.1) is 32.1 Å². The molecule has 0 saturated carbocycles. The molecular formula is C27H34N4O4. The number of carbonyl (C=O) groups is 3. The lowest BCUT2D eigenvalue weighted by Crippen LogP contribution is -2.51. The summed E-state index contributed by atoms with van der Waals surface area (Å²) in [6.45, 7) is 11.9. The molecule has 3 amide bonds. The Labute approximate surface area is 207 Å². The molecule has 0 heterocycles. The molecule has 35 heavy (non-hydrogen) atoms. The van der Waals surface area contributed by atoms with E-state index in [0.717, 1.165) is 16.7 Å². The first-order chi connectivity index (χ1) is 16.3. The third-order valence-electron chi connectivity index (χ3n) is 5.28. The summed E-state index contributed by atoms with van der Waals surface area (Å²) in [4.78, 5) is 40.5. The van der Waals surface area contributed by atoms with Gasteiger partial charge in [0, 0.05) is 5.69 Å². The second-order valence-electron chi connectivity index (χ2n) is 9.56. The molecule has 0 aliphatic rings. The molecule has 2 atom stereocenters. The maximum absolute atomic E-state index is 13.7. The van der Waals surface area contributed by atoms with Gasteiger partial charge in [-0.2, -0.15) is 5.26 Å². The number of hydrogen-bond acceptors (Lipinski definition) is 5. The van der Waals surface area contributed by atoms with Crippen molar-refractivity contribution >= 4 is 23.6 Å². The van der Waals surface area contributed by atoms with Gasteiger partial charge in [0.2, 0.25) is 5.91 Å². The van der Waals surface area contributed by atoms with Crippen molar-refractivity contribution in [2.75, 3.05) is 11.9 Å². The van der Waals surface area contributed by atoms with Crippen LogP contribution in [0.25, 0.3) is 0 Å². The van der Waals surface area contributed by atoms with E-state index >= 15 is 0 Å². The van der Waals surface area contributed by atoms with Gasteiger partial charge in [0.15, 0.2) is 0 Å². The summed E-state index contributed by atoms with van der Waals surface area (Å²) in [5, 5.41) is 15.0. The van der Waals surface area contributed by atoms with Gasteiger partial charge in [-0.25, -0.2) is 4.79 Å². The Morgan fingerprint density at radius 3 is 2.20 bits per heavy atom. The van der Waals surface area contributed by atoms with Gasteiger partial charge in [-0.3, -0.25) is 9.59 Å². The summed E-state index contributed by atoms with van der Waals surface area (Å²) < 4.78 is 5.25. The van der Waals surface area contributed by atoms with Crippen molar-refractivity contribution in [2.45, 2.75) is 66.2 Å². The number of nitrogens with zero attached hydrogens (tertiary/aromatic N) is 2. The van der Waals surface area contributed by atoms with Gasteiger partial charge < -0.3 is 20.3 Å². The second-order valence-corrected chi connectivity index (χ2v) is 9.56. The molecule has 2 rings (SSSR count). The minimum atomic E-state index is -1.09. The fraction of sp³-hybridized carbons (Fsp3) is 0.407. The topological polar surface area (TPSA) is 112 Å². The minimum Gasteiger partial charge on any atom is -0.444 e. The third-order valence-corrected chi connectivity index (χ3v) is 5.28. The molecule has 0 aliphatic heterocycles. The fourth-order valence-electron chi connectivity index (χ4n) is 3.68. The van der Waals surface area contributed by atoms with Crippen LogP contribution in [0.15, 0.2) is 42.5 Å². The van der Waals surface area contributed by atoms with E-state index in [1.54, 1.807) is 39.0 Å². The number of nitrogens with one attached hydrogen (secondary N) is 2. The van der Waals surface area contributed by atoms with Crippen molar-refractivity contribution in [2.24, 2.45) is 0 Å². The number of anilines is 1. The zero-order valence-corrected chi connectivity index (χ0v) is 21.4. The SMILES string of the molecule is Cc1cccc(C(C(=O)Nc2c(C)cccc2C)N(CC#N)C(=O)C(C)NC(=O)OC(C)(C)C)c1. The number of rotatable bonds is 7. The van der Waals surface area contributed by atoms with Gasteiger partial charge in [-0.05, 0) is 65.2 Å². The first-order valence-corrected chi connectivity index (χ1v) is 11.4. The van der Waals surface area contributed by atoms with Gasteiger partial charge in [-0.15, -0.1) is 0 Å². The Hall–Kier alpha value is -3.86. The van der Waals surface area contributed by atoms with Crippen molar-refractivity contribution in [1.82, 2.24) is 10.2 Å². The molecule has 2 unspecified atom stereocenters. The van der Waals surface area contributed by atoms with Crippen LogP contribution in [0.3, 0.4) is 0 Å². The molecule has 8 heteroatoms. The zero-order chi connectivity index (χ0) is 26.3. The van der Waals surface area contributed by atoms with E-state index in [0.29, 0.717) is 11.3 Å². The molecule has 186 valence electrons. The molecule has 0 radical (unpaired) electrons. The lowest BCUT2D eigenvalue weighted by Gasteiger charge is -2.32. The van der Waals surface area contributed by atoms with E-state index in [1.807, 2.05) is 51.1 Å². The number of amides is 3. The molecule has 8 nitrogen and oxygen atoms in total. The van der Waals surface area contributed by atoms with Gasteiger partial charge in [-0.1, -0.05) is 48.0 Å². The molecule has 0 fully saturated rings. The molecule has 0 saturated heterocycles. The monoisotopic (exact) mass is 478 g/mol. The van der Waals surface area contributed by atoms with Crippen LogP contribution in [0.4, 0.5) is 10.5 Å². The molecule has 0 aliphatic carbocycles. The average Bonchev–Trinajstić information content (AvgIpc) is 2.74. The van der Waals surface area contributed by atoms with Crippen LogP contribution in [-0.2, 0) is 14.3 Å². The molecule has 2 N–H and O–H groups in total. The first-order valence-electron chi connectivity index (χ1n) is 11.4. The van der Waals surface area contributed by atoms with Gasteiger partial charge >= 0.3 is 6.09 Å². The zero-order valence-electron chi connectivity index (χ0n) is 21.4. The average molecular weight is 479 g/mol. The highest BCUT2D eigenvalue weighted by atomic mass is 16.6. The summed E-state index contributed by atoms with van der Waals surface area (Å²) >= 11 is 0. The number of hydrogen-bond donors (Lipinski definition) is 2. The molecule has 2 aromatic rings. The number of benzene rings is 2. The maximum Gasteiger partial charge on any atom is 0.408 e. The van der Waals surface area contributed by atoms with Crippen LogP contribution in [0.1, 0.15) is 56.0 Å². The standard InChI is InChI=1S/C27H34N4O4/c1-17-10-8-13-21(16-17)23(24(32)30-22-18(2)11-9-12-19(22)3)31(15-14-28)25(33)20(4)29-26(34)35-27(5,6)7/h8-13,16,20,23H,15H2,1-7H3,(H,29,34)(H,30,32). The predicted octanol–water partition coefficient (Wildman–Crippen LogP) is 4.56. The molecule has 2 aromatic carbocycles. The molecule has 0 bridgehead atoms. The Morgan fingerprint density at radius 1 is 1.06 bits per heavy atom. The smallest absolute Gasteiger partial charge is 0.408 e. The summed E-state index contributed by atoms with van der Waals surface area (Å²) in [5.41, 5.74) is 3.12. The van der Waals surface area contributed by atoms with Crippen molar-refractivity contribution in [3.05, 3.63) is 64.7 Å². The highest BCUT2D eigenvalue weighted by Crippen LogP contribution is 2.27. The summed E-state index contributed by atoms with van der Waals surface area (Å²) in [5.74, 6) is -1.04. The number of ether oxygens (including phenoxy) is 1. The number of alkyl carbamates (subject to hydrolysis) is 1. The normalized spacial score (nSPS) is 12.6. The summed E-state index contributed by atoms with van der Waals surface area (Å²) in [7, 11) is 0. The Balaban J connectivity index is 2.45. The number of aryl methyl sites for hydroxylation is 3. The largest absolute Gasteiger partial charge is 0.444 e. The fourth-order valence-corrected chi connectivity index (χ4v) is 3.68. The van der Waals surface area contributed by atoms with E-state index in [-0.39, 0.29) is 6.54 Å². The highest BCUT2D eigenvalue weighted by Gasteiger charge is 2.35. The van der Waals surface area contributed by atoms with E-state index in [2.05, 4.69) is 10.6 Å². The lowest BCUT2D eigenvalue weighted by atomic mass is 10.0. The highest BCUT2D eigenvalue weighted by molar-refractivity contribution is 5.99. The summed E-state index contributed by atoms with van der Waals surface area (Å²) in [6, 6.07) is 12.7.